The zero-order valence-corrected chi connectivity index (χ0v) is 11.8. The van der Waals surface area contributed by atoms with Crippen molar-refractivity contribution in [3.63, 3.8) is 0 Å². The SMILES string of the molecule is Cc1cc(C)cc(N2C(=O)C(CO)NCCC2C)c1. The van der Waals surface area contributed by atoms with Gasteiger partial charge in [0.05, 0.1) is 6.61 Å². The lowest BCUT2D eigenvalue weighted by molar-refractivity contribution is -0.121. The quantitative estimate of drug-likeness (QED) is 0.846. The first-order valence-corrected chi connectivity index (χ1v) is 6.78. The topological polar surface area (TPSA) is 52.6 Å². The number of amides is 1. The number of rotatable bonds is 2. The summed E-state index contributed by atoms with van der Waals surface area (Å²) in [5.74, 6) is -0.0440. The Morgan fingerprint density at radius 3 is 2.53 bits per heavy atom. The van der Waals surface area contributed by atoms with Crippen LogP contribution in [0.2, 0.25) is 0 Å². The fourth-order valence-corrected chi connectivity index (χ4v) is 2.68. The standard InChI is InChI=1S/C15H22N2O2/c1-10-6-11(2)8-13(7-10)17-12(3)4-5-16-14(9-18)15(17)19/h6-8,12,14,16,18H,4-5,9H2,1-3H3. The summed E-state index contributed by atoms with van der Waals surface area (Å²) in [5.41, 5.74) is 3.22. The second-order valence-electron chi connectivity index (χ2n) is 5.38. The van der Waals surface area contributed by atoms with Gasteiger partial charge in [-0.1, -0.05) is 6.07 Å². The molecule has 1 aliphatic heterocycles. The number of aliphatic hydroxyl groups excluding tert-OH is 1. The summed E-state index contributed by atoms with van der Waals surface area (Å²) in [6.07, 6.45) is 0.884. The van der Waals surface area contributed by atoms with Gasteiger partial charge >= 0.3 is 0 Å². The molecule has 104 valence electrons. The molecular formula is C15H22N2O2. The maximum absolute atomic E-state index is 12.5. The minimum atomic E-state index is -0.495. The third-order valence-electron chi connectivity index (χ3n) is 3.60. The molecule has 4 nitrogen and oxygen atoms in total. The summed E-state index contributed by atoms with van der Waals surface area (Å²) in [4.78, 5) is 14.3. The van der Waals surface area contributed by atoms with E-state index in [1.165, 1.54) is 0 Å². The highest BCUT2D eigenvalue weighted by atomic mass is 16.3. The number of anilines is 1. The van der Waals surface area contributed by atoms with Gasteiger partial charge in [-0.2, -0.15) is 0 Å². The zero-order valence-electron chi connectivity index (χ0n) is 11.8. The Balaban J connectivity index is 2.40. The Morgan fingerprint density at radius 1 is 1.32 bits per heavy atom. The predicted molar refractivity (Wildman–Crippen MR) is 76.4 cm³/mol. The number of nitrogens with zero attached hydrogens (tertiary/aromatic N) is 1. The molecule has 4 heteroatoms. The van der Waals surface area contributed by atoms with Crippen molar-refractivity contribution in [3.05, 3.63) is 29.3 Å². The number of benzene rings is 1. The Morgan fingerprint density at radius 2 is 1.95 bits per heavy atom. The lowest BCUT2D eigenvalue weighted by Crippen LogP contribution is -2.48. The van der Waals surface area contributed by atoms with E-state index in [2.05, 4.69) is 18.3 Å². The molecule has 1 heterocycles. The predicted octanol–water partition coefficient (Wildman–Crippen LogP) is 1.38. The summed E-state index contributed by atoms with van der Waals surface area (Å²) in [7, 11) is 0. The molecule has 0 aliphatic carbocycles. The highest BCUT2D eigenvalue weighted by Crippen LogP contribution is 2.24. The van der Waals surface area contributed by atoms with Crippen LogP contribution in [0.1, 0.15) is 24.5 Å². The van der Waals surface area contributed by atoms with Crippen LogP contribution in [0.3, 0.4) is 0 Å². The monoisotopic (exact) mass is 262 g/mol. The van der Waals surface area contributed by atoms with Gasteiger partial charge in [0.2, 0.25) is 5.91 Å². The van der Waals surface area contributed by atoms with Gasteiger partial charge in [0.1, 0.15) is 6.04 Å². The molecule has 0 spiro atoms. The molecule has 0 bridgehead atoms. The van der Waals surface area contributed by atoms with Gasteiger partial charge in [-0.25, -0.2) is 0 Å². The van der Waals surface area contributed by atoms with Crippen LogP contribution in [0.5, 0.6) is 0 Å². The van der Waals surface area contributed by atoms with Gasteiger partial charge in [0, 0.05) is 11.7 Å². The molecule has 0 aromatic heterocycles. The minimum Gasteiger partial charge on any atom is -0.394 e. The summed E-state index contributed by atoms with van der Waals surface area (Å²) in [6.45, 7) is 6.71. The number of hydrogen-bond donors (Lipinski definition) is 2. The van der Waals surface area contributed by atoms with Crippen molar-refractivity contribution in [1.29, 1.82) is 0 Å². The fraction of sp³-hybridized carbons (Fsp3) is 0.533. The van der Waals surface area contributed by atoms with Gasteiger partial charge < -0.3 is 15.3 Å². The van der Waals surface area contributed by atoms with Crippen molar-refractivity contribution in [2.75, 3.05) is 18.1 Å². The molecule has 2 unspecified atom stereocenters. The van der Waals surface area contributed by atoms with Crippen molar-refractivity contribution >= 4 is 11.6 Å². The minimum absolute atomic E-state index is 0.0440. The Labute approximate surface area is 114 Å². The van der Waals surface area contributed by atoms with Crippen molar-refractivity contribution in [3.8, 4) is 0 Å². The fourth-order valence-electron chi connectivity index (χ4n) is 2.68. The second-order valence-corrected chi connectivity index (χ2v) is 5.38. The highest BCUT2D eigenvalue weighted by Gasteiger charge is 2.31. The third kappa shape index (κ3) is 2.96. The third-order valence-corrected chi connectivity index (χ3v) is 3.60. The van der Waals surface area contributed by atoms with E-state index in [-0.39, 0.29) is 18.6 Å². The molecule has 2 rings (SSSR count). The van der Waals surface area contributed by atoms with E-state index in [9.17, 15) is 9.90 Å². The molecule has 0 radical (unpaired) electrons. The van der Waals surface area contributed by atoms with E-state index < -0.39 is 6.04 Å². The average molecular weight is 262 g/mol. The maximum Gasteiger partial charge on any atom is 0.246 e. The molecular weight excluding hydrogens is 240 g/mol. The smallest absolute Gasteiger partial charge is 0.246 e. The van der Waals surface area contributed by atoms with Crippen molar-refractivity contribution in [2.24, 2.45) is 0 Å². The molecule has 1 aromatic rings. The van der Waals surface area contributed by atoms with E-state index >= 15 is 0 Å². The zero-order chi connectivity index (χ0) is 14.0. The van der Waals surface area contributed by atoms with Crippen LogP contribution < -0.4 is 10.2 Å². The number of carbonyl (C=O) groups excluding carboxylic acids is 1. The highest BCUT2D eigenvalue weighted by molar-refractivity contribution is 5.98. The largest absolute Gasteiger partial charge is 0.394 e. The Kier molecular flexibility index (Phi) is 4.22. The molecule has 2 N–H and O–H groups in total. The van der Waals surface area contributed by atoms with Crippen LogP contribution in [-0.4, -0.2) is 36.2 Å². The average Bonchev–Trinajstić information content (AvgIpc) is 2.46. The van der Waals surface area contributed by atoms with E-state index in [1.807, 2.05) is 30.9 Å². The number of hydrogen-bond acceptors (Lipinski definition) is 3. The molecule has 1 fully saturated rings. The van der Waals surface area contributed by atoms with Gasteiger partial charge in [-0.05, 0) is 57.0 Å². The van der Waals surface area contributed by atoms with E-state index in [1.54, 1.807) is 0 Å². The lowest BCUT2D eigenvalue weighted by atomic mass is 10.1. The Bertz CT molecular complexity index is 453. The van der Waals surface area contributed by atoms with E-state index in [4.69, 9.17) is 0 Å². The molecule has 1 aromatic carbocycles. The van der Waals surface area contributed by atoms with E-state index in [0.29, 0.717) is 0 Å². The molecule has 1 saturated heterocycles. The maximum atomic E-state index is 12.5. The molecule has 1 aliphatic rings. The van der Waals surface area contributed by atoms with Crippen molar-refractivity contribution in [2.45, 2.75) is 39.3 Å². The van der Waals surface area contributed by atoms with Crippen LogP contribution in [0.15, 0.2) is 18.2 Å². The van der Waals surface area contributed by atoms with E-state index in [0.717, 1.165) is 29.8 Å². The number of nitrogens with one attached hydrogen (secondary N) is 1. The van der Waals surface area contributed by atoms with Gasteiger partial charge in [0.25, 0.3) is 0 Å². The molecule has 19 heavy (non-hydrogen) atoms. The summed E-state index contributed by atoms with van der Waals surface area (Å²) >= 11 is 0. The van der Waals surface area contributed by atoms with Crippen molar-refractivity contribution < 1.29 is 9.90 Å². The van der Waals surface area contributed by atoms with Crippen LogP contribution in [-0.2, 0) is 4.79 Å². The number of aliphatic hydroxyl groups is 1. The van der Waals surface area contributed by atoms with Crippen molar-refractivity contribution in [1.82, 2.24) is 5.32 Å². The first-order chi connectivity index (χ1) is 9.02. The van der Waals surface area contributed by atoms with Crippen LogP contribution in [0, 0.1) is 13.8 Å². The summed E-state index contributed by atoms with van der Waals surface area (Å²) in [5, 5.41) is 12.4. The van der Waals surface area contributed by atoms with Gasteiger partial charge in [0.15, 0.2) is 0 Å². The first kappa shape index (κ1) is 14.0. The number of carbonyl (C=O) groups is 1. The number of aryl methyl sites for hydroxylation is 2. The summed E-state index contributed by atoms with van der Waals surface area (Å²) in [6, 6.07) is 5.80. The molecule has 2 atom stereocenters. The van der Waals surface area contributed by atoms with Crippen LogP contribution >= 0.6 is 0 Å². The second kappa shape index (κ2) is 5.72. The van der Waals surface area contributed by atoms with Gasteiger partial charge in [-0.3, -0.25) is 4.79 Å². The molecule has 1 amide bonds. The summed E-state index contributed by atoms with van der Waals surface area (Å²) < 4.78 is 0. The first-order valence-electron chi connectivity index (χ1n) is 6.78. The normalized spacial score (nSPS) is 24.4. The van der Waals surface area contributed by atoms with Gasteiger partial charge in [-0.15, -0.1) is 0 Å². The Hall–Kier alpha value is -1.39. The molecule has 0 saturated carbocycles. The van der Waals surface area contributed by atoms with Crippen LogP contribution in [0.4, 0.5) is 5.69 Å². The lowest BCUT2D eigenvalue weighted by Gasteiger charge is -2.29. The van der Waals surface area contributed by atoms with Crippen LogP contribution in [0.25, 0.3) is 0 Å².